The molecule has 0 bridgehead atoms. The summed E-state index contributed by atoms with van der Waals surface area (Å²) in [5, 5.41) is 9.06. The molecule has 3 heteroatoms. The van der Waals surface area contributed by atoms with Crippen molar-refractivity contribution in [3.05, 3.63) is 29.8 Å². The Kier molecular flexibility index (Phi) is 3.23. The summed E-state index contributed by atoms with van der Waals surface area (Å²) in [6.07, 6.45) is -0.0423. The Hall–Kier alpha value is -1.06. The standard InChI is InChI=1S/C12H17NO2/c1-10-3-2-4-11(7-10)13-5-6-15-12(8-13)9-14/h2-4,7,12,14H,5-6,8-9H2,1H3. The van der Waals surface area contributed by atoms with Gasteiger partial charge in [-0.15, -0.1) is 0 Å². The van der Waals surface area contributed by atoms with Crippen LogP contribution in [0.5, 0.6) is 0 Å². The maximum Gasteiger partial charge on any atom is 0.0980 e. The summed E-state index contributed by atoms with van der Waals surface area (Å²) >= 11 is 0. The van der Waals surface area contributed by atoms with E-state index in [4.69, 9.17) is 9.84 Å². The van der Waals surface area contributed by atoms with Gasteiger partial charge in [0.25, 0.3) is 0 Å². The lowest BCUT2D eigenvalue weighted by Gasteiger charge is -2.33. The number of aryl methyl sites for hydroxylation is 1. The molecule has 1 aliphatic rings. The van der Waals surface area contributed by atoms with E-state index in [0.717, 1.165) is 13.1 Å². The highest BCUT2D eigenvalue weighted by Gasteiger charge is 2.19. The molecule has 3 nitrogen and oxygen atoms in total. The largest absolute Gasteiger partial charge is 0.394 e. The number of hydrogen-bond acceptors (Lipinski definition) is 3. The van der Waals surface area contributed by atoms with Gasteiger partial charge in [-0.1, -0.05) is 12.1 Å². The summed E-state index contributed by atoms with van der Waals surface area (Å²) < 4.78 is 5.42. The molecule has 0 spiro atoms. The van der Waals surface area contributed by atoms with Crippen LogP contribution in [0, 0.1) is 6.92 Å². The molecule has 0 amide bonds. The van der Waals surface area contributed by atoms with E-state index in [0.29, 0.717) is 6.61 Å². The third kappa shape index (κ3) is 2.49. The van der Waals surface area contributed by atoms with E-state index in [9.17, 15) is 0 Å². The molecule has 2 rings (SSSR count). The molecule has 82 valence electrons. The predicted octanol–water partition coefficient (Wildman–Crippen LogP) is 1.19. The topological polar surface area (TPSA) is 32.7 Å². The molecule has 1 N–H and O–H groups in total. The number of morpholine rings is 1. The third-order valence-corrected chi connectivity index (χ3v) is 2.71. The van der Waals surface area contributed by atoms with Gasteiger partial charge in [0.15, 0.2) is 0 Å². The van der Waals surface area contributed by atoms with Crippen molar-refractivity contribution in [3.8, 4) is 0 Å². The van der Waals surface area contributed by atoms with Gasteiger partial charge >= 0.3 is 0 Å². The number of ether oxygens (including phenoxy) is 1. The quantitative estimate of drug-likeness (QED) is 0.790. The fourth-order valence-electron chi connectivity index (χ4n) is 1.89. The van der Waals surface area contributed by atoms with Gasteiger partial charge in [-0.25, -0.2) is 0 Å². The molecule has 1 saturated heterocycles. The molecule has 1 aromatic carbocycles. The van der Waals surface area contributed by atoms with Crippen LogP contribution in [-0.2, 0) is 4.74 Å². The van der Waals surface area contributed by atoms with Crippen LogP contribution in [0.2, 0.25) is 0 Å². The van der Waals surface area contributed by atoms with Gasteiger partial charge in [-0.05, 0) is 24.6 Å². The van der Waals surface area contributed by atoms with Crippen molar-refractivity contribution in [2.75, 3.05) is 31.2 Å². The van der Waals surface area contributed by atoms with E-state index < -0.39 is 0 Å². The van der Waals surface area contributed by atoms with Crippen molar-refractivity contribution >= 4 is 5.69 Å². The fraction of sp³-hybridized carbons (Fsp3) is 0.500. The summed E-state index contributed by atoms with van der Waals surface area (Å²) in [4.78, 5) is 2.26. The molecule has 1 unspecified atom stereocenters. The summed E-state index contributed by atoms with van der Waals surface area (Å²) in [5.74, 6) is 0. The van der Waals surface area contributed by atoms with Crippen LogP contribution in [0.3, 0.4) is 0 Å². The van der Waals surface area contributed by atoms with Gasteiger partial charge < -0.3 is 14.7 Å². The Balaban J connectivity index is 2.09. The highest BCUT2D eigenvalue weighted by Crippen LogP contribution is 2.18. The van der Waals surface area contributed by atoms with Crippen LogP contribution in [-0.4, -0.2) is 37.5 Å². The number of anilines is 1. The van der Waals surface area contributed by atoms with Crippen LogP contribution in [0.4, 0.5) is 5.69 Å². The Morgan fingerprint density at radius 1 is 1.53 bits per heavy atom. The highest BCUT2D eigenvalue weighted by molar-refractivity contribution is 5.48. The van der Waals surface area contributed by atoms with Crippen LogP contribution in [0.15, 0.2) is 24.3 Å². The monoisotopic (exact) mass is 207 g/mol. The lowest BCUT2D eigenvalue weighted by atomic mass is 10.2. The van der Waals surface area contributed by atoms with Crippen molar-refractivity contribution in [3.63, 3.8) is 0 Å². The number of aliphatic hydroxyl groups excluding tert-OH is 1. The molecular weight excluding hydrogens is 190 g/mol. The van der Waals surface area contributed by atoms with Gasteiger partial charge in [0.2, 0.25) is 0 Å². The first-order valence-electron chi connectivity index (χ1n) is 5.33. The lowest BCUT2D eigenvalue weighted by molar-refractivity contribution is 0.00356. The molecule has 1 heterocycles. The number of rotatable bonds is 2. The lowest BCUT2D eigenvalue weighted by Crippen LogP contribution is -2.44. The average Bonchev–Trinajstić information content (AvgIpc) is 2.29. The fourth-order valence-corrected chi connectivity index (χ4v) is 1.89. The van der Waals surface area contributed by atoms with Crippen LogP contribution < -0.4 is 4.90 Å². The van der Waals surface area contributed by atoms with E-state index in [-0.39, 0.29) is 12.7 Å². The smallest absolute Gasteiger partial charge is 0.0980 e. The van der Waals surface area contributed by atoms with Gasteiger partial charge in [0, 0.05) is 18.8 Å². The number of nitrogens with zero attached hydrogens (tertiary/aromatic N) is 1. The van der Waals surface area contributed by atoms with Crippen LogP contribution in [0.25, 0.3) is 0 Å². The maximum atomic E-state index is 9.06. The Morgan fingerprint density at radius 3 is 3.13 bits per heavy atom. The molecule has 0 saturated carbocycles. The minimum atomic E-state index is -0.0423. The Bertz CT molecular complexity index is 327. The van der Waals surface area contributed by atoms with Crippen LogP contribution >= 0.6 is 0 Å². The van der Waals surface area contributed by atoms with Gasteiger partial charge in [-0.2, -0.15) is 0 Å². The van der Waals surface area contributed by atoms with Crippen molar-refractivity contribution in [1.82, 2.24) is 0 Å². The summed E-state index contributed by atoms with van der Waals surface area (Å²) in [5.41, 5.74) is 2.48. The highest BCUT2D eigenvalue weighted by atomic mass is 16.5. The molecule has 1 aliphatic heterocycles. The third-order valence-electron chi connectivity index (χ3n) is 2.71. The zero-order valence-electron chi connectivity index (χ0n) is 9.02. The van der Waals surface area contributed by atoms with E-state index >= 15 is 0 Å². The Labute approximate surface area is 90.3 Å². The Morgan fingerprint density at radius 2 is 2.40 bits per heavy atom. The molecule has 1 fully saturated rings. The van der Waals surface area contributed by atoms with Crippen molar-refractivity contribution in [2.45, 2.75) is 13.0 Å². The number of hydrogen-bond donors (Lipinski definition) is 1. The van der Waals surface area contributed by atoms with Gasteiger partial charge in [0.1, 0.15) is 0 Å². The maximum absolute atomic E-state index is 9.06. The molecule has 0 radical (unpaired) electrons. The molecule has 1 atom stereocenters. The molecule has 1 aromatic rings. The SMILES string of the molecule is Cc1cccc(N2CCOC(CO)C2)c1. The van der Waals surface area contributed by atoms with Crippen LogP contribution in [0.1, 0.15) is 5.56 Å². The van der Waals surface area contributed by atoms with E-state index in [1.807, 2.05) is 0 Å². The second-order valence-electron chi connectivity index (χ2n) is 3.96. The first-order chi connectivity index (χ1) is 7.29. The van der Waals surface area contributed by atoms with Crippen molar-refractivity contribution in [1.29, 1.82) is 0 Å². The number of benzene rings is 1. The van der Waals surface area contributed by atoms with E-state index in [1.54, 1.807) is 0 Å². The summed E-state index contributed by atoms with van der Waals surface area (Å²) in [6.45, 7) is 4.56. The first-order valence-corrected chi connectivity index (χ1v) is 5.33. The summed E-state index contributed by atoms with van der Waals surface area (Å²) in [7, 11) is 0. The van der Waals surface area contributed by atoms with Crippen molar-refractivity contribution < 1.29 is 9.84 Å². The minimum Gasteiger partial charge on any atom is -0.394 e. The average molecular weight is 207 g/mol. The summed E-state index contributed by atoms with van der Waals surface area (Å²) in [6, 6.07) is 8.42. The predicted molar refractivity (Wildman–Crippen MR) is 60.2 cm³/mol. The minimum absolute atomic E-state index is 0.0423. The molecule has 0 aliphatic carbocycles. The van der Waals surface area contributed by atoms with E-state index in [1.165, 1.54) is 11.3 Å². The zero-order valence-corrected chi connectivity index (χ0v) is 9.02. The second-order valence-corrected chi connectivity index (χ2v) is 3.96. The molecular formula is C12H17NO2. The second kappa shape index (κ2) is 4.64. The zero-order chi connectivity index (χ0) is 10.7. The number of aliphatic hydroxyl groups is 1. The van der Waals surface area contributed by atoms with Gasteiger partial charge in [-0.3, -0.25) is 0 Å². The normalized spacial score (nSPS) is 21.7. The van der Waals surface area contributed by atoms with E-state index in [2.05, 4.69) is 36.1 Å². The van der Waals surface area contributed by atoms with Gasteiger partial charge in [0.05, 0.1) is 19.3 Å². The molecule has 15 heavy (non-hydrogen) atoms. The molecule has 0 aromatic heterocycles. The van der Waals surface area contributed by atoms with Crippen molar-refractivity contribution in [2.24, 2.45) is 0 Å². The first kappa shape index (κ1) is 10.5.